The van der Waals surface area contributed by atoms with Gasteiger partial charge in [0, 0.05) is 56.7 Å². The first-order valence-corrected chi connectivity index (χ1v) is 11.9. The molecule has 0 aromatic heterocycles. The molecule has 0 bridgehead atoms. The van der Waals surface area contributed by atoms with Gasteiger partial charge in [0.1, 0.15) is 0 Å². The summed E-state index contributed by atoms with van der Waals surface area (Å²) in [6.07, 6.45) is 2.69. The number of nitrogens with zero attached hydrogens (tertiary/aromatic N) is 3. The number of carbonyl (C=O) groups is 1. The van der Waals surface area contributed by atoms with Gasteiger partial charge in [0.05, 0.1) is 23.8 Å². The summed E-state index contributed by atoms with van der Waals surface area (Å²) in [6, 6.07) is 5.58. The Kier molecular flexibility index (Phi) is 6.90. The van der Waals surface area contributed by atoms with E-state index in [2.05, 4.69) is 0 Å². The summed E-state index contributed by atoms with van der Waals surface area (Å²) in [6.45, 7) is 2.98. The van der Waals surface area contributed by atoms with E-state index in [0.717, 1.165) is 25.3 Å². The Morgan fingerprint density at radius 2 is 2.00 bits per heavy atom. The number of alkyl halides is 3. The van der Waals surface area contributed by atoms with E-state index in [4.69, 9.17) is 10.00 Å². The normalized spacial score (nSPS) is 26.2. The van der Waals surface area contributed by atoms with E-state index in [1.54, 1.807) is 19.2 Å². The number of hydrogen-bond donors (Lipinski definition) is 0. The maximum absolute atomic E-state index is 13.5. The summed E-state index contributed by atoms with van der Waals surface area (Å²) in [5, 5.41) is 9.08. The summed E-state index contributed by atoms with van der Waals surface area (Å²) in [5.74, 6) is 0.811. The van der Waals surface area contributed by atoms with E-state index in [0.29, 0.717) is 50.8 Å². The van der Waals surface area contributed by atoms with Crippen LogP contribution in [0.3, 0.4) is 0 Å². The number of halogens is 3. The monoisotopic (exact) mass is 463 g/mol. The van der Waals surface area contributed by atoms with Crippen molar-refractivity contribution in [2.75, 3.05) is 44.8 Å². The molecule has 2 heterocycles. The number of fused-ring (bicyclic) bond motifs is 1. The molecule has 1 aliphatic carbocycles. The Hall–Kier alpha value is -2.27. The fourth-order valence-electron chi connectivity index (χ4n) is 6.06. The summed E-state index contributed by atoms with van der Waals surface area (Å²) < 4.78 is 45.9. The van der Waals surface area contributed by atoms with Gasteiger partial charge in [-0.2, -0.15) is 18.4 Å². The molecule has 8 heteroatoms. The number of likely N-dealkylation sites (tertiary alicyclic amines) is 1. The van der Waals surface area contributed by atoms with Gasteiger partial charge < -0.3 is 14.5 Å². The third-order valence-corrected chi connectivity index (χ3v) is 7.90. The molecule has 3 fully saturated rings. The second-order valence-electron chi connectivity index (χ2n) is 10.0. The van der Waals surface area contributed by atoms with Crippen molar-refractivity contribution in [3.05, 3.63) is 29.3 Å². The van der Waals surface area contributed by atoms with Crippen molar-refractivity contribution in [1.29, 1.82) is 5.26 Å². The molecule has 5 nitrogen and oxygen atoms in total. The van der Waals surface area contributed by atoms with Gasteiger partial charge in [-0.3, -0.25) is 4.79 Å². The fraction of sp³-hybridized carbons (Fsp3) is 0.680. The Morgan fingerprint density at radius 1 is 1.24 bits per heavy atom. The highest BCUT2D eigenvalue weighted by molar-refractivity contribution is 5.77. The SMILES string of the molecule is COC[C@@]12CCN(c3ccc(C#N)c(C(F)(F)F)c3)C[C@@H]1CN(C(=O)CC1CCCCC1)C2. The number of anilines is 1. The van der Waals surface area contributed by atoms with Crippen LogP contribution >= 0.6 is 0 Å². The van der Waals surface area contributed by atoms with Crippen LogP contribution in [0.1, 0.15) is 56.1 Å². The largest absolute Gasteiger partial charge is 0.417 e. The van der Waals surface area contributed by atoms with Gasteiger partial charge in [-0.1, -0.05) is 19.3 Å². The molecular weight excluding hydrogens is 431 g/mol. The number of carbonyl (C=O) groups excluding carboxylic acids is 1. The molecule has 2 saturated heterocycles. The number of rotatable bonds is 5. The molecule has 0 radical (unpaired) electrons. The van der Waals surface area contributed by atoms with Crippen molar-refractivity contribution in [3.8, 4) is 6.07 Å². The average Bonchev–Trinajstić information content (AvgIpc) is 3.18. The lowest BCUT2D eigenvalue weighted by atomic mass is 9.73. The summed E-state index contributed by atoms with van der Waals surface area (Å²) >= 11 is 0. The van der Waals surface area contributed by atoms with Gasteiger partial charge in [0.2, 0.25) is 5.91 Å². The van der Waals surface area contributed by atoms with Crippen molar-refractivity contribution in [1.82, 2.24) is 4.90 Å². The molecule has 2 atom stereocenters. The molecule has 1 amide bonds. The topological polar surface area (TPSA) is 56.6 Å². The predicted octanol–water partition coefficient (Wildman–Crippen LogP) is 4.85. The maximum Gasteiger partial charge on any atom is 0.417 e. The van der Waals surface area contributed by atoms with Crippen molar-refractivity contribution < 1.29 is 22.7 Å². The van der Waals surface area contributed by atoms with Crippen LogP contribution in [0.25, 0.3) is 0 Å². The minimum atomic E-state index is -4.58. The summed E-state index contributed by atoms with van der Waals surface area (Å²) in [4.78, 5) is 17.0. The van der Waals surface area contributed by atoms with E-state index >= 15 is 0 Å². The van der Waals surface area contributed by atoms with Crippen LogP contribution in [0.4, 0.5) is 18.9 Å². The van der Waals surface area contributed by atoms with Crippen molar-refractivity contribution in [3.63, 3.8) is 0 Å². The highest BCUT2D eigenvalue weighted by Gasteiger charge is 2.51. The van der Waals surface area contributed by atoms with E-state index in [1.165, 1.54) is 25.3 Å². The first kappa shape index (κ1) is 23.9. The van der Waals surface area contributed by atoms with Crippen LogP contribution in [-0.4, -0.2) is 50.7 Å². The molecule has 1 saturated carbocycles. The number of hydrogen-bond acceptors (Lipinski definition) is 4. The van der Waals surface area contributed by atoms with Gasteiger partial charge in [0.25, 0.3) is 0 Å². The summed E-state index contributed by atoms with van der Waals surface area (Å²) in [5.41, 5.74) is -0.948. The Labute approximate surface area is 193 Å². The highest BCUT2D eigenvalue weighted by Crippen LogP contribution is 2.45. The molecule has 1 aromatic rings. The number of benzene rings is 1. The smallest absolute Gasteiger partial charge is 0.384 e. The van der Waals surface area contributed by atoms with Crippen LogP contribution in [0, 0.1) is 28.6 Å². The zero-order valence-corrected chi connectivity index (χ0v) is 19.2. The molecule has 0 spiro atoms. The third-order valence-electron chi connectivity index (χ3n) is 7.90. The van der Waals surface area contributed by atoms with Crippen LogP contribution in [0.2, 0.25) is 0 Å². The molecule has 180 valence electrons. The zero-order valence-electron chi connectivity index (χ0n) is 19.2. The average molecular weight is 464 g/mol. The van der Waals surface area contributed by atoms with Gasteiger partial charge in [0.15, 0.2) is 0 Å². The Bertz CT molecular complexity index is 907. The second-order valence-corrected chi connectivity index (χ2v) is 10.0. The van der Waals surface area contributed by atoms with Crippen molar-refractivity contribution in [2.45, 2.75) is 51.1 Å². The first-order valence-electron chi connectivity index (χ1n) is 11.9. The zero-order chi connectivity index (χ0) is 23.6. The van der Waals surface area contributed by atoms with Crippen molar-refractivity contribution >= 4 is 11.6 Å². The van der Waals surface area contributed by atoms with E-state index in [1.807, 2.05) is 9.80 Å². The minimum Gasteiger partial charge on any atom is -0.384 e. The van der Waals surface area contributed by atoms with Crippen molar-refractivity contribution in [2.24, 2.45) is 17.3 Å². The van der Waals surface area contributed by atoms with Crippen LogP contribution in [0.5, 0.6) is 0 Å². The maximum atomic E-state index is 13.5. The molecule has 0 unspecified atom stereocenters. The molecule has 3 aliphatic rings. The number of methoxy groups -OCH3 is 1. The van der Waals surface area contributed by atoms with Crippen LogP contribution in [-0.2, 0) is 15.7 Å². The number of amides is 1. The minimum absolute atomic E-state index is 0.131. The van der Waals surface area contributed by atoms with Crippen LogP contribution < -0.4 is 4.90 Å². The molecule has 2 aliphatic heterocycles. The van der Waals surface area contributed by atoms with Gasteiger partial charge >= 0.3 is 6.18 Å². The van der Waals surface area contributed by atoms with E-state index < -0.39 is 11.7 Å². The number of ether oxygens (including phenoxy) is 1. The van der Waals surface area contributed by atoms with E-state index in [-0.39, 0.29) is 22.8 Å². The van der Waals surface area contributed by atoms with E-state index in [9.17, 15) is 18.0 Å². The summed E-state index contributed by atoms with van der Waals surface area (Å²) in [7, 11) is 1.67. The molecule has 4 rings (SSSR count). The Morgan fingerprint density at radius 3 is 2.67 bits per heavy atom. The molecule has 33 heavy (non-hydrogen) atoms. The quantitative estimate of drug-likeness (QED) is 0.627. The molecular formula is C25H32F3N3O2. The third kappa shape index (κ3) is 4.98. The van der Waals surface area contributed by atoms with Gasteiger partial charge in [-0.15, -0.1) is 0 Å². The fourth-order valence-corrected chi connectivity index (χ4v) is 6.06. The highest BCUT2D eigenvalue weighted by atomic mass is 19.4. The predicted molar refractivity (Wildman–Crippen MR) is 119 cm³/mol. The number of nitriles is 1. The second kappa shape index (κ2) is 9.54. The lowest BCUT2D eigenvalue weighted by Gasteiger charge is -2.44. The molecule has 0 N–H and O–H groups in total. The number of piperidine rings is 1. The molecule has 1 aromatic carbocycles. The lowest BCUT2D eigenvalue weighted by molar-refractivity contribution is -0.137. The van der Waals surface area contributed by atoms with Gasteiger partial charge in [-0.25, -0.2) is 0 Å². The Balaban J connectivity index is 1.50. The lowest BCUT2D eigenvalue weighted by Crippen LogP contribution is -2.49. The van der Waals surface area contributed by atoms with Crippen LogP contribution in [0.15, 0.2) is 18.2 Å². The standard InChI is InChI=1S/C25H32F3N3O2/c1-33-17-24-9-10-30(21-8-7-19(13-29)22(12-21)25(26,27)28)14-20(24)15-31(16-24)23(32)11-18-5-3-2-4-6-18/h7-8,12,18,20H,2-6,9-11,14-17H2,1H3/t20-,24+/m1/s1. The van der Waals surface area contributed by atoms with Gasteiger partial charge in [-0.05, 0) is 43.4 Å². The first-order chi connectivity index (χ1) is 15.8.